The summed E-state index contributed by atoms with van der Waals surface area (Å²) in [5, 5.41) is 0. The summed E-state index contributed by atoms with van der Waals surface area (Å²) in [4.78, 5) is 8.02. The van der Waals surface area contributed by atoms with Crippen molar-refractivity contribution in [2.45, 2.75) is 6.54 Å². The first-order valence-electron chi connectivity index (χ1n) is 4.55. The largest absolute Gasteiger partial charge is 0.489 e. The van der Waals surface area contributed by atoms with Crippen LogP contribution in [-0.4, -0.2) is 21.1 Å². The summed E-state index contributed by atoms with van der Waals surface area (Å²) in [5.74, 6) is 0.762. The summed E-state index contributed by atoms with van der Waals surface area (Å²) in [6, 6.07) is 3.72. The Hall–Kier alpha value is -1.36. The number of imidazole rings is 1. The normalized spacial score (nSPS) is 10.2. The molecule has 0 bridgehead atoms. The van der Waals surface area contributed by atoms with Gasteiger partial charge in [-0.05, 0) is 28.1 Å². The fraction of sp³-hybridized carbons (Fsp3) is 0.200. The van der Waals surface area contributed by atoms with Gasteiger partial charge < -0.3 is 9.30 Å². The Balaban J connectivity index is 1.86. The van der Waals surface area contributed by atoms with Gasteiger partial charge >= 0.3 is 0 Å². The molecule has 78 valence electrons. The number of hydrogen-bond donors (Lipinski definition) is 0. The van der Waals surface area contributed by atoms with E-state index in [2.05, 4.69) is 25.9 Å². The van der Waals surface area contributed by atoms with Crippen molar-refractivity contribution in [1.29, 1.82) is 0 Å². The lowest BCUT2D eigenvalue weighted by atomic mass is 10.5. The van der Waals surface area contributed by atoms with Gasteiger partial charge in [-0.1, -0.05) is 0 Å². The number of nitrogens with zero attached hydrogens (tertiary/aromatic N) is 3. The van der Waals surface area contributed by atoms with E-state index in [0.717, 1.165) is 16.9 Å². The lowest BCUT2D eigenvalue weighted by molar-refractivity contribution is 0.295. The van der Waals surface area contributed by atoms with E-state index in [0.29, 0.717) is 6.61 Å². The van der Waals surface area contributed by atoms with Crippen molar-refractivity contribution in [3.63, 3.8) is 0 Å². The average Bonchev–Trinajstić information content (AvgIpc) is 2.74. The van der Waals surface area contributed by atoms with Gasteiger partial charge in [0, 0.05) is 18.6 Å². The van der Waals surface area contributed by atoms with Gasteiger partial charge in [0.15, 0.2) is 5.75 Å². The van der Waals surface area contributed by atoms with E-state index in [1.54, 1.807) is 18.7 Å². The van der Waals surface area contributed by atoms with Gasteiger partial charge in [0.25, 0.3) is 0 Å². The van der Waals surface area contributed by atoms with E-state index < -0.39 is 0 Å². The number of halogens is 1. The monoisotopic (exact) mass is 267 g/mol. The Morgan fingerprint density at radius 3 is 3.07 bits per heavy atom. The molecular weight excluding hydrogens is 258 g/mol. The quantitative estimate of drug-likeness (QED) is 0.797. The third kappa shape index (κ3) is 2.79. The second kappa shape index (κ2) is 4.93. The van der Waals surface area contributed by atoms with E-state index in [4.69, 9.17) is 4.74 Å². The van der Waals surface area contributed by atoms with Crippen LogP contribution in [-0.2, 0) is 6.54 Å². The van der Waals surface area contributed by atoms with Crippen molar-refractivity contribution in [2.75, 3.05) is 6.61 Å². The molecule has 2 aromatic rings. The van der Waals surface area contributed by atoms with Crippen LogP contribution < -0.4 is 4.74 Å². The van der Waals surface area contributed by atoms with Crippen LogP contribution >= 0.6 is 15.9 Å². The molecule has 0 unspecified atom stereocenters. The average molecular weight is 268 g/mol. The molecule has 0 N–H and O–H groups in total. The molecule has 2 rings (SSSR count). The summed E-state index contributed by atoms with van der Waals surface area (Å²) in [6.07, 6.45) is 7.14. The zero-order valence-corrected chi connectivity index (χ0v) is 9.59. The summed E-state index contributed by atoms with van der Waals surface area (Å²) < 4.78 is 8.25. The molecule has 5 heteroatoms. The van der Waals surface area contributed by atoms with Crippen LogP contribution in [0.2, 0.25) is 0 Å². The van der Waals surface area contributed by atoms with E-state index in [1.165, 1.54) is 0 Å². The van der Waals surface area contributed by atoms with Gasteiger partial charge in [0.05, 0.1) is 12.9 Å². The van der Waals surface area contributed by atoms with E-state index in [-0.39, 0.29) is 0 Å². The lowest BCUT2D eigenvalue weighted by Crippen LogP contribution is -2.06. The van der Waals surface area contributed by atoms with Crippen molar-refractivity contribution in [2.24, 2.45) is 0 Å². The summed E-state index contributed by atoms with van der Waals surface area (Å²) >= 11 is 3.32. The summed E-state index contributed by atoms with van der Waals surface area (Å²) in [7, 11) is 0. The number of aromatic nitrogens is 3. The molecule has 0 aliphatic carbocycles. The molecule has 0 aliphatic heterocycles. The first kappa shape index (κ1) is 10.2. The highest BCUT2D eigenvalue weighted by atomic mass is 79.9. The topological polar surface area (TPSA) is 39.9 Å². The first-order chi connectivity index (χ1) is 7.36. The molecular formula is C10H10BrN3O. The van der Waals surface area contributed by atoms with E-state index in [9.17, 15) is 0 Å². The van der Waals surface area contributed by atoms with Crippen molar-refractivity contribution in [1.82, 2.24) is 14.5 Å². The molecule has 4 nitrogen and oxygen atoms in total. The molecule has 0 radical (unpaired) electrons. The highest BCUT2D eigenvalue weighted by Gasteiger charge is 1.99. The van der Waals surface area contributed by atoms with Gasteiger partial charge in [-0.3, -0.25) is 0 Å². The van der Waals surface area contributed by atoms with Crippen molar-refractivity contribution >= 4 is 15.9 Å². The number of rotatable bonds is 4. The third-order valence-electron chi connectivity index (χ3n) is 1.89. The molecule has 0 amide bonds. The molecule has 0 aliphatic rings. The van der Waals surface area contributed by atoms with Gasteiger partial charge in [-0.15, -0.1) is 0 Å². The lowest BCUT2D eigenvalue weighted by Gasteiger charge is -2.07. The highest BCUT2D eigenvalue weighted by molar-refractivity contribution is 9.10. The molecule has 0 atom stereocenters. The minimum Gasteiger partial charge on any atom is -0.489 e. The summed E-state index contributed by atoms with van der Waals surface area (Å²) in [5.41, 5.74) is 0. The molecule has 15 heavy (non-hydrogen) atoms. The predicted octanol–water partition coefficient (Wildman–Crippen LogP) is 2.12. The van der Waals surface area contributed by atoms with Gasteiger partial charge in [-0.25, -0.2) is 9.97 Å². The van der Waals surface area contributed by atoms with Crippen molar-refractivity contribution < 1.29 is 4.74 Å². The fourth-order valence-corrected chi connectivity index (χ4v) is 1.52. The Kier molecular flexibility index (Phi) is 3.34. The second-order valence-corrected chi connectivity index (χ2v) is 3.69. The van der Waals surface area contributed by atoms with Crippen LogP contribution in [0.5, 0.6) is 5.75 Å². The van der Waals surface area contributed by atoms with Crippen molar-refractivity contribution in [3.05, 3.63) is 41.7 Å². The van der Waals surface area contributed by atoms with Gasteiger partial charge in [0.1, 0.15) is 11.2 Å². The second-order valence-electron chi connectivity index (χ2n) is 2.94. The van der Waals surface area contributed by atoms with Gasteiger partial charge in [0.2, 0.25) is 0 Å². The van der Waals surface area contributed by atoms with Gasteiger partial charge in [-0.2, -0.15) is 0 Å². The zero-order chi connectivity index (χ0) is 10.5. The van der Waals surface area contributed by atoms with Crippen LogP contribution in [0.25, 0.3) is 0 Å². The zero-order valence-electron chi connectivity index (χ0n) is 8.01. The third-order valence-corrected chi connectivity index (χ3v) is 2.49. The molecule has 0 saturated carbocycles. The Morgan fingerprint density at radius 2 is 2.33 bits per heavy atom. The Labute approximate surface area is 96.1 Å². The maximum Gasteiger partial charge on any atom is 0.152 e. The van der Waals surface area contributed by atoms with E-state index >= 15 is 0 Å². The van der Waals surface area contributed by atoms with Crippen LogP contribution in [0.1, 0.15) is 0 Å². The SMILES string of the molecule is Brc1ncccc1OCCn1ccnc1. The van der Waals surface area contributed by atoms with Crippen LogP contribution in [0.4, 0.5) is 0 Å². The maximum absolute atomic E-state index is 5.55. The highest BCUT2D eigenvalue weighted by Crippen LogP contribution is 2.20. The molecule has 2 aromatic heterocycles. The number of hydrogen-bond acceptors (Lipinski definition) is 3. The summed E-state index contributed by atoms with van der Waals surface area (Å²) in [6.45, 7) is 1.38. The number of pyridine rings is 1. The molecule has 2 heterocycles. The molecule has 0 saturated heterocycles. The van der Waals surface area contributed by atoms with Crippen LogP contribution in [0.3, 0.4) is 0 Å². The maximum atomic E-state index is 5.55. The minimum absolute atomic E-state index is 0.598. The van der Waals surface area contributed by atoms with Crippen molar-refractivity contribution in [3.8, 4) is 5.75 Å². The molecule has 0 aromatic carbocycles. The molecule has 0 fully saturated rings. The minimum atomic E-state index is 0.598. The van der Waals surface area contributed by atoms with E-state index in [1.807, 2.05) is 22.9 Å². The van der Waals surface area contributed by atoms with Crippen LogP contribution in [0, 0.1) is 0 Å². The Morgan fingerprint density at radius 1 is 1.40 bits per heavy atom. The van der Waals surface area contributed by atoms with Crippen LogP contribution in [0.15, 0.2) is 41.7 Å². The predicted molar refractivity (Wildman–Crippen MR) is 59.7 cm³/mol. The fourth-order valence-electron chi connectivity index (χ4n) is 1.16. The number of ether oxygens (including phenoxy) is 1. The smallest absolute Gasteiger partial charge is 0.152 e. The standard InChI is InChI=1S/C10H10BrN3O/c11-10-9(2-1-3-13-10)15-7-6-14-5-4-12-8-14/h1-5,8H,6-7H2. The first-order valence-corrected chi connectivity index (χ1v) is 5.34. The molecule has 0 spiro atoms. The Bertz CT molecular complexity index is 416.